The van der Waals surface area contributed by atoms with Crippen LogP contribution in [0.1, 0.15) is 85.8 Å². The van der Waals surface area contributed by atoms with Crippen molar-refractivity contribution in [2.24, 2.45) is 5.92 Å². The molecular formula is C29H45FN2. The second kappa shape index (κ2) is 14.1. The highest BCUT2D eigenvalue weighted by atomic mass is 19.1. The van der Waals surface area contributed by atoms with E-state index in [4.69, 9.17) is 0 Å². The molecule has 0 aromatic heterocycles. The quantitative estimate of drug-likeness (QED) is 0.408. The summed E-state index contributed by atoms with van der Waals surface area (Å²) in [6.07, 6.45) is 12.5. The van der Waals surface area contributed by atoms with Crippen molar-refractivity contribution in [3.05, 3.63) is 76.3 Å². The van der Waals surface area contributed by atoms with Crippen LogP contribution in [0.2, 0.25) is 0 Å². The topological polar surface area (TPSA) is 15.3 Å². The van der Waals surface area contributed by atoms with Gasteiger partial charge in [0, 0.05) is 18.3 Å². The zero-order chi connectivity index (χ0) is 24.3. The van der Waals surface area contributed by atoms with Crippen LogP contribution in [0.25, 0.3) is 5.57 Å². The van der Waals surface area contributed by atoms with Crippen LogP contribution in [-0.2, 0) is 0 Å². The molecule has 32 heavy (non-hydrogen) atoms. The molecule has 1 aliphatic rings. The van der Waals surface area contributed by atoms with Crippen LogP contribution in [0.4, 0.5) is 4.39 Å². The fourth-order valence-corrected chi connectivity index (χ4v) is 3.34. The van der Waals surface area contributed by atoms with Gasteiger partial charge in [-0.2, -0.15) is 0 Å². The highest BCUT2D eigenvalue weighted by Crippen LogP contribution is 2.32. The zero-order valence-electron chi connectivity index (χ0n) is 21.8. The molecule has 1 unspecified atom stereocenters. The number of benzene rings is 1. The Hall–Kier alpha value is -2.13. The van der Waals surface area contributed by atoms with E-state index in [-0.39, 0.29) is 5.82 Å². The third-order valence-electron chi connectivity index (χ3n) is 5.61. The molecule has 2 nitrogen and oxygen atoms in total. The largest absolute Gasteiger partial charge is 0.308 e. The lowest BCUT2D eigenvalue weighted by Crippen LogP contribution is -2.43. The SMILES string of the molecule is CC/C=C\C(C1=CN(NCC(C)C)C(C)C=C1C)=C(/C)c1ccc(F)c(C)c1.CCCC. The van der Waals surface area contributed by atoms with Crippen molar-refractivity contribution >= 4 is 5.57 Å². The minimum absolute atomic E-state index is 0.159. The Morgan fingerprint density at radius 3 is 2.34 bits per heavy atom. The molecule has 1 heterocycles. The van der Waals surface area contributed by atoms with Crippen molar-refractivity contribution in [1.82, 2.24) is 10.4 Å². The summed E-state index contributed by atoms with van der Waals surface area (Å²) in [5.74, 6) is 0.419. The fourth-order valence-electron chi connectivity index (χ4n) is 3.34. The van der Waals surface area contributed by atoms with Crippen molar-refractivity contribution in [2.45, 2.75) is 87.6 Å². The van der Waals surface area contributed by atoms with E-state index in [2.05, 4.69) is 90.3 Å². The molecule has 3 heteroatoms. The number of hydrogen-bond donors (Lipinski definition) is 1. The molecule has 0 saturated heterocycles. The van der Waals surface area contributed by atoms with Gasteiger partial charge in [0.05, 0.1) is 6.04 Å². The lowest BCUT2D eigenvalue weighted by Gasteiger charge is -2.33. The predicted octanol–water partition coefficient (Wildman–Crippen LogP) is 8.38. The summed E-state index contributed by atoms with van der Waals surface area (Å²) in [7, 11) is 0. The van der Waals surface area contributed by atoms with E-state index in [1.54, 1.807) is 6.07 Å². The number of aryl methyl sites for hydroxylation is 1. The van der Waals surface area contributed by atoms with Crippen molar-refractivity contribution < 1.29 is 4.39 Å². The lowest BCUT2D eigenvalue weighted by molar-refractivity contribution is 0.220. The number of nitrogens with one attached hydrogen (secondary N) is 1. The van der Waals surface area contributed by atoms with E-state index < -0.39 is 0 Å². The van der Waals surface area contributed by atoms with Crippen molar-refractivity contribution in [2.75, 3.05) is 6.54 Å². The molecule has 178 valence electrons. The molecule has 0 aliphatic carbocycles. The normalized spacial score (nSPS) is 17.1. The van der Waals surface area contributed by atoms with E-state index in [0.717, 1.165) is 24.1 Å². The minimum Gasteiger partial charge on any atom is -0.308 e. The summed E-state index contributed by atoms with van der Waals surface area (Å²) in [4.78, 5) is 0. The summed E-state index contributed by atoms with van der Waals surface area (Å²) >= 11 is 0. The number of unbranched alkanes of at least 4 members (excludes halogenated alkanes) is 1. The van der Waals surface area contributed by atoms with Crippen LogP contribution in [0.3, 0.4) is 0 Å². The first-order valence-electron chi connectivity index (χ1n) is 12.2. The Bertz CT molecular complexity index is 841. The molecule has 0 spiro atoms. The van der Waals surface area contributed by atoms with Crippen LogP contribution < -0.4 is 5.43 Å². The second-order valence-corrected chi connectivity index (χ2v) is 9.11. The minimum atomic E-state index is -0.159. The van der Waals surface area contributed by atoms with Crippen LogP contribution in [-0.4, -0.2) is 17.6 Å². The third-order valence-corrected chi connectivity index (χ3v) is 5.61. The average molecular weight is 441 g/mol. The molecule has 0 amide bonds. The van der Waals surface area contributed by atoms with E-state index >= 15 is 0 Å². The molecule has 1 aromatic carbocycles. The number of hydrogen-bond acceptors (Lipinski definition) is 2. The smallest absolute Gasteiger partial charge is 0.126 e. The van der Waals surface area contributed by atoms with E-state index in [0.29, 0.717) is 17.5 Å². The monoisotopic (exact) mass is 440 g/mol. The van der Waals surface area contributed by atoms with E-state index in [1.807, 2.05) is 19.1 Å². The van der Waals surface area contributed by atoms with Gasteiger partial charge in [-0.05, 0) is 80.0 Å². The number of rotatable bonds is 8. The molecular weight excluding hydrogens is 395 g/mol. The first kappa shape index (κ1) is 27.9. The number of hydrazine groups is 1. The summed E-state index contributed by atoms with van der Waals surface area (Å²) in [5, 5.41) is 2.20. The molecule has 1 aromatic rings. The highest BCUT2D eigenvalue weighted by molar-refractivity contribution is 5.76. The van der Waals surface area contributed by atoms with Gasteiger partial charge in [0.2, 0.25) is 0 Å². The van der Waals surface area contributed by atoms with Crippen LogP contribution in [0.5, 0.6) is 0 Å². The van der Waals surface area contributed by atoms with Crippen LogP contribution >= 0.6 is 0 Å². The summed E-state index contributed by atoms with van der Waals surface area (Å²) in [6, 6.07) is 5.67. The standard InChI is InChI=1S/C25H35FN2.C4H10/c1-8-9-10-23(21(7)22-11-12-25(26)19(5)14-22)24-16-28(27-15-17(2)3)20(6)13-18(24)4;1-3-4-2/h9-14,16-17,20,27H,8,15H2,1-7H3;3-4H2,1-2H3/b10-9-,23-21-;. The first-order chi connectivity index (χ1) is 15.2. The van der Waals surface area contributed by atoms with Gasteiger partial charge >= 0.3 is 0 Å². The van der Waals surface area contributed by atoms with Crippen LogP contribution in [0.15, 0.2) is 59.3 Å². The average Bonchev–Trinajstić information content (AvgIpc) is 2.76. The van der Waals surface area contributed by atoms with Gasteiger partial charge in [-0.1, -0.05) is 71.8 Å². The molecule has 1 aliphatic heterocycles. The highest BCUT2D eigenvalue weighted by Gasteiger charge is 2.20. The van der Waals surface area contributed by atoms with Crippen molar-refractivity contribution in [1.29, 1.82) is 0 Å². The number of halogens is 1. The van der Waals surface area contributed by atoms with E-state index in [1.165, 1.54) is 29.6 Å². The number of allylic oxidation sites excluding steroid dienone is 6. The maximum atomic E-state index is 13.8. The molecule has 1 N–H and O–H groups in total. The van der Waals surface area contributed by atoms with Gasteiger partial charge in [0.1, 0.15) is 5.82 Å². The zero-order valence-corrected chi connectivity index (χ0v) is 21.8. The first-order valence-corrected chi connectivity index (χ1v) is 12.2. The van der Waals surface area contributed by atoms with Crippen LogP contribution in [0, 0.1) is 18.7 Å². The Balaban J connectivity index is 0.00000118. The Morgan fingerprint density at radius 1 is 1.16 bits per heavy atom. The molecule has 0 bridgehead atoms. The van der Waals surface area contributed by atoms with Crippen molar-refractivity contribution in [3.63, 3.8) is 0 Å². The Kier molecular flexibility index (Phi) is 12.3. The lowest BCUT2D eigenvalue weighted by atomic mass is 9.89. The maximum Gasteiger partial charge on any atom is 0.126 e. The fraction of sp³-hybridized carbons (Fsp3) is 0.517. The number of nitrogens with zero attached hydrogens (tertiary/aromatic N) is 1. The summed E-state index contributed by atoms with van der Waals surface area (Å²) in [6.45, 7) is 20.2. The maximum absolute atomic E-state index is 13.8. The summed E-state index contributed by atoms with van der Waals surface area (Å²) in [5.41, 5.74) is 10.1. The van der Waals surface area contributed by atoms with Crippen molar-refractivity contribution in [3.8, 4) is 0 Å². The van der Waals surface area contributed by atoms with Gasteiger partial charge in [-0.3, -0.25) is 0 Å². The van der Waals surface area contributed by atoms with Gasteiger partial charge < -0.3 is 5.01 Å². The van der Waals surface area contributed by atoms with Gasteiger partial charge in [0.25, 0.3) is 0 Å². The Labute approximate surface area is 197 Å². The molecule has 2 rings (SSSR count). The molecule has 1 atom stereocenters. The third kappa shape index (κ3) is 8.43. The molecule has 0 radical (unpaired) electrons. The molecule has 0 fully saturated rings. The van der Waals surface area contributed by atoms with Gasteiger partial charge in [-0.15, -0.1) is 0 Å². The molecule has 0 saturated carbocycles. The van der Waals surface area contributed by atoms with Gasteiger partial charge in [-0.25, -0.2) is 9.82 Å². The van der Waals surface area contributed by atoms with E-state index in [9.17, 15) is 4.39 Å². The predicted molar refractivity (Wildman–Crippen MR) is 140 cm³/mol. The van der Waals surface area contributed by atoms with Gasteiger partial charge in [0.15, 0.2) is 0 Å². The Morgan fingerprint density at radius 2 is 1.81 bits per heavy atom. The second-order valence-electron chi connectivity index (χ2n) is 9.11. The summed E-state index contributed by atoms with van der Waals surface area (Å²) < 4.78 is 13.8.